The Morgan fingerprint density at radius 2 is 2.00 bits per heavy atom. The summed E-state index contributed by atoms with van der Waals surface area (Å²) >= 11 is 0. The fourth-order valence-corrected chi connectivity index (χ4v) is 1.51. The van der Waals surface area contributed by atoms with Crippen LogP contribution in [0.2, 0.25) is 0 Å². The molecule has 0 spiro atoms. The Balaban J connectivity index is 2.52. The van der Waals surface area contributed by atoms with E-state index in [0.717, 1.165) is 12.0 Å². The van der Waals surface area contributed by atoms with E-state index < -0.39 is 6.10 Å². The van der Waals surface area contributed by atoms with Gasteiger partial charge in [0.05, 0.1) is 24.3 Å². The maximum Gasteiger partial charge on any atom is 0.0991 e. The monoisotopic (exact) mass is 234 g/mol. The molecule has 3 N–H and O–H groups in total. The molecule has 0 radical (unpaired) electrons. The first kappa shape index (κ1) is 13.7. The molecule has 2 atom stereocenters. The molecule has 0 fully saturated rings. The van der Waals surface area contributed by atoms with Crippen molar-refractivity contribution < 1.29 is 10.2 Å². The largest absolute Gasteiger partial charge is 0.395 e. The summed E-state index contributed by atoms with van der Waals surface area (Å²) in [6, 6.07) is 8.89. The van der Waals surface area contributed by atoms with Gasteiger partial charge in [0, 0.05) is 12.6 Å². The zero-order valence-electron chi connectivity index (χ0n) is 9.93. The van der Waals surface area contributed by atoms with Crippen LogP contribution < -0.4 is 5.32 Å². The van der Waals surface area contributed by atoms with Crippen LogP contribution in [0.15, 0.2) is 24.3 Å². The minimum Gasteiger partial charge on any atom is -0.395 e. The van der Waals surface area contributed by atoms with Crippen LogP contribution in [-0.2, 0) is 0 Å². The van der Waals surface area contributed by atoms with Crippen molar-refractivity contribution in [1.29, 1.82) is 5.26 Å². The van der Waals surface area contributed by atoms with Crippen molar-refractivity contribution in [3.8, 4) is 6.07 Å². The first-order chi connectivity index (χ1) is 8.21. The molecule has 0 aromatic heterocycles. The van der Waals surface area contributed by atoms with E-state index in [2.05, 4.69) is 5.32 Å². The Bertz CT molecular complexity index is 366. The number of nitriles is 1. The highest BCUT2D eigenvalue weighted by Crippen LogP contribution is 2.13. The molecule has 1 aromatic carbocycles. The van der Waals surface area contributed by atoms with Crippen LogP contribution >= 0.6 is 0 Å². The molecular weight excluding hydrogens is 216 g/mol. The summed E-state index contributed by atoms with van der Waals surface area (Å²) in [5.74, 6) is 0. The lowest BCUT2D eigenvalue weighted by atomic mass is 10.1. The highest BCUT2D eigenvalue weighted by Gasteiger charge is 2.10. The Hall–Kier alpha value is -1.41. The second-order valence-corrected chi connectivity index (χ2v) is 3.95. The lowest BCUT2D eigenvalue weighted by Gasteiger charge is -2.17. The summed E-state index contributed by atoms with van der Waals surface area (Å²) in [5.41, 5.74) is 1.35. The first-order valence-electron chi connectivity index (χ1n) is 5.73. The summed E-state index contributed by atoms with van der Waals surface area (Å²) in [5, 5.41) is 30.6. The number of nitrogens with one attached hydrogen (secondary N) is 1. The minimum atomic E-state index is -0.622. The number of hydrogen-bond acceptors (Lipinski definition) is 4. The van der Waals surface area contributed by atoms with Gasteiger partial charge < -0.3 is 15.5 Å². The Kier molecular flexibility index (Phi) is 5.64. The maximum absolute atomic E-state index is 9.90. The molecule has 0 aliphatic carbocycles. The number of benzene rings is 1. The van der Waals surface area contributed by atoms with E-state index in [-0.39, 0.29) is 12.6 Å². The molecule has 0 amide bonds. The highest BCUT2D eigenvalue weighted by molar-refractivity contribution is 5.32. The third kappa shape index (κ3) is 4.16. The van der Waals surface area contributed by atoms with Crippen molar-refractivity contribution in [2.75, 3.05) is 13.2 Å². The topological polar surface area (TPSA) is 76.3 Å². The molecule has 1 rings (SSSR count). The molecule has 4 nitrogen and oxygen atoms in total. The van der Waals surface area contributed by atoms with Crippen molar-refractivity contribution in [3.05, 3.63) is 35.4 Å². The number of rotatable bonds is 6. The van der Waals surface area contributed by atoms with E-state index >= 15 is 0 Å². The van der Waals surface area contributed by atoms with Crippen LogP contribution in [0, 0.1) is 11.3 Å². The third-order valence-corrected chi connectivity index (χ3v) is 2.74. The third-order valence-electron chi connectivity index (χ3n) is 2.74. The molecule has 0 saturated carbocycles. The van der Waals surface area contributed by atoms with Crippen molar-refractivity contribution in [1.82, 2.24) is 5.32 Å². The quantitative estimate of drug-likeness (QED) is 0.685. The van der Waals surface area contributed by atoms with E-state index in [1.54, 1.807) is 24.3 Å². The highest BCUT2D eigenvalue weighted by atomic mass is 16.3. The number of aliphatic hydroxyl groups is 2. The molecule has 0 saturated heterocycles. The van der Waals surface area contributed by atoms with E-state index in [1.165, 1.54) is 0 Å². The fourth-order valence-electron chi connectivity index (χ4n) is 1.51. The van der Waals surface area contributed by atoms with Gasteiger partial charge in [-0.1, -0.05) is 19.1 Å². The van der Waals surface area contributed by atoms with Gasteiger partial charge in [0.25, 0.3) is 0 Å². The molecule has 0 bridgehead atoms. The van der Waals surface area contributed by atoms with Gasteiger partial charge in [0.1, 0.15) is 0 Å². The lowest BCUT2D eigenvalue weighted by molar-refractivity contribution is 0.158. The molecule has 2 unspecified atom stereocenters. The molecule has 4 heteroatoms. The molecule has 1 aromatic rings. The van der Waals surface area contributed by atoms with Gasteiger partial charge in [-0.2, -0.15) is 5.26 Å². The second kappa shape index (κ2) is 7.02. The van der Waals surface area contributed by atoms with Gasteiger partial charge in [0.15, 0.2) is 0 Å². The van der Waals surface area contributed by atoms with Crippen molar-refractivity contribution >= 4 is 0 Å². The summed E-state index contributed by atoms with van der Waals surface area (Å²) < 4.78 is 0. The molecule has 17 heavy (non-hydrogen) atoms. The summed E-state index contributed by atoms with van der Waals surface area (Å²) in [6.45, 7) is 2.43. The van der Waals surface area contributed by atoms with Crippen LogP contribution in [0.1, 0.15) is 30.6 Å². The predicted molar refractivity (Wildman–Crippen MR) is 65.3 cm³/mol. The van der Waals surface area contributed by atoms with Gasteiger partial charge in [0.2, 0.25) is 0 Å². The van der Waals surface area contributed by atoms with Gasteiger partial charge >= 0.3 is 0 Å². The molecular formula is C13H18N2O2. The predicted octanol–water partition coefficient (Wildman–Crippen LogP) is 0.952. The Morgan fingerprint density at radius 1 is 1.35 bits per heavy atom. The van der Waals surface area contributed by atoms with Crippen LogP contribution in [0.25, 0.3) is 0 Å². The summed E-state index contributed by atoms with van der Waals surface area (Å²) in [6.07, 6.45) is 0.194. The molecule has 0 heterocycles. The number of hydrogen-bond donors (Lipinski definition) is 3. The van der Waals surface area contributed by atoms with Crippen molar-refractivity contribution in [2.24, 2.45) is 0 Å². The van der Waals surface area contributed by atoms with Crippen LogP contribution in [0.3, 0.4) is 0 Å². The zero-order valence-corrected chi connectivity index (χ0v) is 9.93. The van der Waals surface area contributed by atoms with E-state index in [1.807, 2.05) is 13.0 Å². The van der Waals surface area contributed by atoms with Gasteiger partial charge in [-0.25, -0.2) is 0 Å². The maximum atomic E-state index is 9.90. The van der Waals surface area contributed by atoms with Gasteiger partial charge in [-0.15, -0.1) is 0 Å². The van der Waals surface area contributed by atoms with E-state index in [4.69, 9.17) is 10.4 Å². The molecule has 92 valence electrons. The van der Waals surface area contributed by atoms with Gasteiger partial charge in [-0.3, -0.25) is 0 Å². The fraction of sp³-hybridized carbons (Fsp3) is 0.462. The average Bonchev–Trinajstić information content (AvgIpc) is 2.39. The summed E-state index contributed by atoms with van der Waals surface area (Å²) in [7, 11) is 0. The number of aliphatic hydroxyl groups excluding tert-OH is 2. The van der Waals surface area contributed by atoms with Crippen molar-refractivity contribution in [2.45, 2.75) is 25.5 Å². The SMILES string of the molecule is CCC(CO)NCC(O)c1ccc(C#N)cc1. The van der Waals surface area contributed by atoms with Crippen LogP contribution in [0.5, 0.6) is 0 Å². The molecule has 0 aliphatic rings. The molecule has 0 aliphatic heterocycles. The Labute approximate surface area is 102 Å². The average molecular weight is 234 g/mol. The minimum absolute atomic E-state index is 0.0167. The zero-order chi connectivity index (χ0) is 12.7. The van der Waals surface area contributed by atoms with E-state index in [0.29, 0.717) is 12.1 Å². The lowest BCUT2D eigenvalue weighted by Crippen LogP contribution is -2.34. The van der Waals surface area contributed by atoms with Crippen molar-refractivity contribution in [3.63, 3.8) is 0 Å². The first-order valence-corrected chi connectivity index (χ1v) is 5.73. The van der Waals surface area contributed by atoms with Gasteiger partial charge in [-0.05, 0) is 24.1 Å². The van der Waals surface area contributed by atoms with E-state index in [9.17, 15) is 5.11 Å². The normalized spacial score (nSPS) is 14.0. The summed E-state index contributed by atoms with van der Waals surface area (Å²) in [4.78, 5) is 0. The second-order valence-electron chi connectivity index (χ2n) is 3.95. The smallest absolute Gasteiger partial charge is 0.0991 e. The van der Waals surface area contributed by atoms with Crippen LogP contribution in [-0.4, -0.2) is 29.4 Å². The standard InChI is InChI=1S/C13H18N2O2/c1-2-12(9-16)15-8-13(17)11-5-3-10(7-14)4-6-11/h3-6,12-13,15-17H,2,8-9H2,1H3. The number of nitrogens with zero attached hydrogens (tertiary/aromatic N) is 1. The van der Waals surface area contributed by atoms with Crippen LogP contribution in [0.4, 0.5) is 0 Å². The Morgan fingerprint density at radius 3 is 2.47 bits per heavy atom.